The van der Waals surface area contributed by atoms with E-state index in [1.54, 1.807) is 13.3 Å². The van der Waals surface area contributed by atoms with E-state index in [1.807, 2.05) is 0 Å². The first kappa shape index (κ1) is 14.2. The van der Waals surface area contributed by atoms with E-state index in [4.69, 9.17) is 4.52 Å². The number of likely N-dealkylation sites (tertiary alicyclic amines) is 1. The van der Waals surface area contributed by atoms with Crippen LogP contribution >= 0.6 is 7.37 Å². The van der Waals surface area contributed by atoms with Gasteiger partial charge in [-0.1, -0.05) is 0 Å². The summed E-state index contributed by atoms with van der Waals surface area (Å²) >= 11 is 0. The Bertz CT molecular complexity index is 288. The third-order valence-electron chi connectivity index (χ3n) is 3.67. The molecule has 3 nitrogen and oxygen atoms in total. The van der Waals surface area contributed by atoms with Gasteiger partial charge in [0, 0.05) is 24.4 Å². The molecule has 1 aliphatic rings. The molecule has 0 bridgehead atoms. The Balaban J connectivity index is 2.83. The maximum absolute atomic E-state index is 11.8. The van der Waals surface area contributed by atoms with Gasteiger partial charge in [-0.15, -0.1) is 0 Å². The fourth-order valence-electron chi connectivity index (χ4n) is 2.71. The van der Waals surface area contributed by atoms with Crippen molar-refractivity contribution < 1.29 is 9.09 Å². The van der Waals surface area contributed by atoms with Crippen LogP contribution in [0.1, 0.15) is 40.5 Å². The van der Waals surface area contributed by atoms with E-state index in [9.17, 15) is 4.57 Å². The predicted molar refractivity (Wildman–Crippen MR) is 69.5 cm³/mol. The van der Waals surface area contributed by atoms with Crippen molar-refractivity contribution in [2.24, 2.45) is 0 Å². The van der Waals surface area contributed by atoms with Gasteiger partial charge in [0.1, 0.15) is 0 Å². The zero-order chi connectivity index (χ0) is 12.8. The maximum atomic E-state index is 11.8. The van der Waals surface area contributed by atoms with Gasteiger partial charge in [-0.05, 0) is 47.6 Å². The molecular formula is C12H26NO2P. The molecule has 0 N–H and O–H groups in total. The highest BCUT2D eigenvalue weighted by atomic mass is 31.2. The first-order valence-corrected chi connectivity index (χ1v) is 8.43. The van der Waals surface area contributed by atoms with Crippen LogP contribution in [0.25, 0.3) is 0 Å². The van der Waals surface area contributed by atoms with Gasteiger partial charge in [-0.25, -0.2) is 0 Å². The van der Waals surface area contributed by atoms with E-state index in [0.717, 1.165) is 12.8 Å². The SMILES string of the molecule is CN1C(C)(C)CC(OP(C)(C)=O)CC1(C)C. The quantitative estimate of drug-likeness (QED) is 0.702. The standard InChI is InChI=1S/C12H26NO2P/c1-11(2)8-10(15-16(6,7)14)9-12(3,4)13(11)5/h10H,8-9H2,1-7H3. The third kappa shape index (κ3) is 3.32. The summed E-state index contributed by atoms with van der Waals surface area (Å²) in [5, 5.41) is 0. The van der Waals surface area contributed by atoms with Gasteiger partial charge in [0.25, 0.3) is 0 Å². The maximum Gasteiger partial charge on any atom is 0.197 e. The highest BCUT2D eigenvalue weighted by Gasteiger charge is 2.44. The van der Waals surface area contributed by atoms with Crippen molar-refractivity contribution >= 4 is 7.37 Å². The first-order valence-electron chi connectivity index (χ1n) is 5.91. The molecule has 0 aromatic carbocycles. The van der Waals surface area contributed by atoms with E-state index in [0.29, 0.717) is 0 Å². The minimum Gasteiger partial charge on any atom is -0.325 e. The zero-order valence-electron chi connectivity index (χ0n) is 11.7. The third-order valence-corrected chi connectivity index (χ3v) is 4.48. The Morgan fingerprint density at radius 3 is 1.81 bits per heavy atom. The van der Waals surface area contributed by atoms with E-state index in [-0.39, 0.29) is 17.2 Å². The average Bonchev–Trinajstić information content (AvgIpc) is 1.95. The number of nitrogens with zero attached hydrogens (tertiary/aromatic N) is 1. The van der Waals surface area contributed by atoms with Crippen molar-refractivity contribution in [2.75, 3.05) is 20.4 Å². The Labute approximate surface area is 100.0 Å². The van der Waals surface area contributed by atoms with Crippen molar-refractivity contribution in [3.63, 3.8) is 0 Å². The number of hydrogen-bond acceptors (Lipinski definition) is 3. The summed E-state index contributed by atoms with van der Waals surface area (Å²) in [6.45, 7) is 12.3. The molecule has 0 amide bonds. The van der Waals surface area contributed by atoms with Crippen LogP contribution in [0.4, 0.5) is 0 Å². The van der Waals surface area contributed by atoms with Gasteiger partial charge in [-0.2, -0.15) is 0 Å². The van der Waals surface area contributed by atoms with Crippen LogP contribution < -0.4 is 0 Å². The van der Waals surface area contributed by atoms with Gasteiger partial charge in [0.15, 0.2) is 7.37 Å². The second-order valence-corrected chi connectivity index (χ2v) is 9.29. The van der Waals surface area contributed by atoms with Crippen LogP contribution in [0.2, 0.25) is 0 Å². The second kappa shape index (κ2) is 4.12. The molecule has 0 aromatic heterocycles. The highest BCUT2D eigenvalue weighted by molar-refractivity contribution is 7.57. The molecule has 4 heteroatoms. The van der Waals surface area contributed by atoms with Gasteiger partial charge in [0.2, 0.25) is 0 Å². The van der Waals surface area contributed by atoms with Crippen LogP contribution in [-0.4, -0.2) is 42.5 Å². The highest BCUT2D eigenvalue weighted by Crippen LogP contribution is 2.46. The summed E-state index contributed by atoms with van der Waals surface area (Å²) < 4.78 is 17.5. The average molecular weight is 247 g/mol. The Morgan fingerprint density at radius 2 is 1.50 bits per heavy atom. The topological polar surface area (TPSA) is 29.5 Å². The lowest BCUT2D eigenvalue weighted by atomic mass is 9.79. The number of rotatable bonds is 2. The van der Waals surface area contributed by atoms with Crippen molar-refractivity contribution in [3.05, 3.63) is 0 Å². The van der Waals surface area contributed by atoms with E-state index < -0.39 is 7.37 Å². The monoisotopic (exact) mass is 247 g/mol. The summed E-state index contributed by atoms with van der Waals surface area (Å²) in [6, 6.07) is 0. The Morgan fingerprint density at radius 1 is 1.12 bits per heavy atom. The number of hydrogen-bond donors (Lipinski definition) is 0. The largest absolute Gasteiger partial charge is 0.325 e. The Hall–Kier alpha value is 0.150. The van der Waals surface area contributed by atoms with E-state index >= 15 is 0 Å². The second-order valence-electron chi connectivity index (χ2n) is 6.57. The normalized spacial score (nSPS) is 26.9. The molecule has 1 saturated heterocycles. The molecule has 1 heterocycles. The molecule has 16 heavy (non-hydrogen) atoms. The van der Waals surface area contributed by atoms with Gasteiger partial charge in [0.05, 0.1) is 6.10 Å². The Kier molecular flexibility index (Phi) is 3.66. The molecule has 96 valence electrons. The summed E-state index contributed by atoms with van der Waals surface area (Å²) in [6.07, 6.45) is 2.00. The van der Waals surface area contributed by atoms with Gasteiger partial charge < -0.3 is 4.52 Å². The lowest BCUT2D eigenvalue weighted by Gasteiger charge is -2.53. The van der Waals surface area contributed by atoms with E-state index in [2.05, 4.69) is 39.6 Å². The summed E-state index contributed by atoms with van der Waals surface area (Å²) in [7, 11) is -0.225. The molecule has 0 saturated carbocycles. The van der Waals surface area contributed by atoms with Crippen LogP contribution in [0.15, 0.2) is 0 Å². The van der Waals surface area contributed by atoms with E-state index in [1.165, 1.54) is 0 Å². The van der Waals surface area contributed by atoms with Crippen molar-refractivity contribution in [1.29, 1.82) is 0 Å². The molecular weight excluding hydrogens is 221 g/mol. The molecule has 0 atom stereocenters. The lowest BCUT2D eigenvalue weighted by molar-refractivity contribution is -0.0544. The van der Waals surface area contributed by atoms with Crippen LogP contribution in [0, 0.1) is 0 Å². The van der Waals surface area contributed by atoms with Crippen LogP contribution in [-0.2, 0) is 9.09 Å². The van der Waals surface area contributed by atoms with Crippen molar-refractivity contribution in [3.8, 4) is 0 Å². The molecule has 1 aliphatic heterocycles. The fourth-order valence-corrected chi connectivity index (χ4v) is 3.58. The minimum absolute atomic E-state index is 0.0988. The molecule has 0 aliphatic carbocycles. The summed E-state index contributed by atoms with van der Waals surface area (Å²) in [5.74, 6) is 0. The predicted octanol–water partition coefficient (Wildman–Crippen LogP) is 3.19. The molecule has 0 unspecified atom stereocenters. The van der Waals surface area contributed by atoms with Crippen molar-refractivity contribution in [2.45, 2.75) is 57.7 Å². The molecule has 0 aromatic rings. The lowest BCUT2D eigenvalue weighted by Crippen LogP contribution is -2.60. The van der Waals surface area contributed by atoms with Gasteiger partial charge in [-0.3, -0.25) is 9.46 Å². The summed E-state index contributed by atoms with van der Waals surface area (Å²) in [4.78, 5) is 2.40. The van der Waals surface area contributed by atoms with Crippen molar-refractivity contribution in [1.82, 2.24) is 4.90 Å². The molecule has 1 rings (SSSR count). The van der Waals surface area contributed by atoms with Crippen LogP contribution in [0.5, 0.6) is 0 Å². The fraction of sp³-hybridized carbons (Fsp3) is 1.00. The molecule has 1 fully saturated rings. The minimum atomic E-state index is -2.39. The smallest absolute Gasteiger partial charge is 0.197 e. The molecule has 0 radical (unpaired) electrons. The van der Waals surface area contributed by atoms with Gasteiger partial charge >= 0.3 is 0 Å². The van der Waals surface area contributed by atoms with Crippen LogP contribution in [0.3, 0.4) is 0 Å². The zero-order valence-corrected chi connectivity index (χ0v) is 12.6. The first-order chi connectivity index (χ1) is 6.94. The number of piperidine rings is 1. The summed E-state index contributed by atoms with van der Waals surface area (Å²) in [5.41, 5.74) is 0.198. The molecule has 0 spiro atoms.